The zero-order valence-corrected chi connectivity index (χ0v) is 9.58. The second kappa shape index (κ2) is 5.25. The SMILES string of the molecule is O=[N+]([O-])c1cccc(CN2CCC[C@@H](O)C2)c1. The molecule has 1 aliphatic heterocycles. The molecule has 1 aromatic carbocycles. The first kappa shape index (κ1) is 12.0. The maximum atomic E-state index is 10.6. The zero-order valence-electron chi connectivity index (χ0n) is 9.58. The third kappa shape index (κ3) is 3.25. The van der Waals surface area contributed by atoms with E-state index in [1.807, 2.05) is 6.07 Å². The number of β-amino-alcohol motifs (C(OH)–C–C–N with tert-alkyl or cyclic N) is 1. The number of likely N-dealkylation sites (tertiary alicyclic amines) is 1. The minimum absolute atomic E-state index is 0.125. The summed E-state index contributed by atoms with van der Waals surface area (Å²) in [6, 6.07) is 6.68. The zero-order chi connectivity index (χ0) is 12.3. The lowest BCUT2D eigenvalue weighted by molar-refractivity contribution is -0.384. The normalized spacial score (nSPS) is 21.4. The lowest BCUT2D eigenvalue weighted by Crippen LogP contribution is -2.37. The first-order valence-electron chi connectivity index (χ1n) is 5.79. The predicted octanol–water partition coefficient (Wildman–Crippen LogP) is 1.55. The fourth-order valence-corrected chi connectivity index (χ4v) is 2.20. The molecular formula is C12H16N2O3. The van der Waals surface area contributed by atoms with E-state index in [2.05, 4.69) is 4.90 Å². The molecule has 92 valence electrons. The molecule has 0 aromatic heterocycles. The number of hydrogen-bond acceptors (Lipinski definition) is 4. The quantitative estimate of drug-likeness (QED) is 0.638. The van der Waals surface area contributed by atoms with Gasteiger partial charge in [-0.1, -0.05) is 12.1 Å². The van der Waals surface area contributed by atoms with Crippen LogP contribution in [0.1, 0.15) is 18.4 Å². The Balaban J connectivity index is 2.02. The van der Waals surface area contributed by atoms with Crippen LogP contribution >= 0.6 is 0 Å². The third-order valence-electron chi connectivity index (χ3n) is 3.01. The van der Waals surface area contributed by atoms with Gasteiger partial charge in [-0.05, 0) is 24.9 Å². The third-order valence-corrected chi connectivity index (χ3v) is 3.01. The van der Waals surface area contributed by atoms with Gasteiger partial charge in [-0.3, -0.25) is 15.0 Å². The molecule has 1 aliphatic rings. The Hall–Kier alpha value is -1.46. The number of rotatable bonds is 3. The topological polar surface area (TPSA) is 66.6 Å². The summed E-state index contributed by atoms with van der Waals surface area (Å²) in [5.74, 6) is 0. The molecule has 1 aromatic rings. The predicted molar refractivity (Wildman–Crippen MR) is 63.6 cm³/mol. The van der Waals surface area contributed by atoms with Crippen molar-refractivity contribution in [2.24, 2.45) is 0 Å². The van der Waals surface area contributed by atoms with Crippen LogP contribution in [0, 0.1) is 10.1 Å². The highest BCUT2D eigenvalue weighted by molar-refractivity contribution is 5.34. The number of hydrogen-bond donors (Lipinski definition) is 1. The Morgan fingerprint density at radius 3 is 3.06 bits per heavy atom. The molecule has 0 spiro atoms. The van der Waals surface area contributed by atoms with Gasteiger partial charge in [-0.2, -0.15) is 0 Å². The number of aliphatic hydroxyl groups excluding tert-OH is 1. The van der Waals surface area contributed by atoms with Crippen molar-refractivity contribution in [2.75, 3.05) is 13.1 Å². The summed E-state index contributed by atoms with van der Waals surface area (Å²) in [7, 11) is 0. The summed E-state index contributed by atoms with van der Waals surface area (Å²) in [6.45, 7) is 2.27. The molecule has 5 heteroatoms. The van der Waals surface area contributed by atoms with E-state index in [1.54, 1.807) is 12.1 Å². The smallest absolute Gasteiger partial charge is 0.269 e. The van der Waals surface area contributed by atoms with E-state index in [4.69, 9.17) is 0 Å². The van der Waals surface area contributed by atoms with Crippen molar-refractivity contribution in [3.05, 3.63) is 39.9 Å². The van der Waals surface area contributed by atoms with Gasteiger partial charge >= 0.3 is 0 Å². The van der Waals surface area contributed by atoms with Crippen LogP contribution in [0.4, 0.5) is 5.69 Å². The fraction of sp³-hybridized carbons (Fsp3) is 0.500. The lowest BCUT2D eigenvalue weighted by atomic mass is 10.1. The minimum atomic E-state index is -0.380. The number of piperidine rings is 1. The van der Waals surface area contributed by atoms with Gasteiger partial charge in [0.05, 0.1) is 11.0 Å². The molecule has 0 amide bonds. The van der Waals surface area contributed by atoms with E-state index in [0.29, 0.717) is 13.1 Å². The van der Waals surface area contributed by atoms with Crippen molar-refractivity contribution in [1.82, 2.24) is 4.90 Å². The first-order valence-corrected chi connectivity index (χ1v) is 5.79. The Bertz CT molecular complexity index is 408. The second-order valence-electron chi connectivity index (χ2n) is 4.46. The van der Waals surface area contributed by atoms with Crippen molar-refractivity contribution in [2.45, 2.75) is 25.5 Å². The van der Waals surface area contributed by atoms with Crippen LogP contribution in [0.25, 0.3) is 0 Å². The van der Waals surface area contributed by atoms with Gasteiger partial charge in [0.2, 0.25) is 0 Å². The lowest BCUT2D eigenvalue weighted by Gasteiger charge is -2.29. The summed E-state index contributed by atoms with van der Waals surface area (Å²) in [5.41, 5.74) is 1.05. The molecule has 5 nitrogen and oxygen atoms in total. The number of nitro benzene ring substituents is 1. The van der Waals surface area contributed by atoms with Crippen LogP contribution in [0.15, 0.2) is 24.3 Å². The monoisotopic (exact) mass is 236 g/mol. The highest BCUT2D eigenvalue weighted by atomic mass is 16.6. The highest BCUT2D eigenvalue weighted by Gasteiger charge is 2.18. The van der Waals surface area contributed by atoms with E-state index < -0.39 is 0 Å². The molecule has 1 saturated heterocycles. The molecule has 0 saturated carbocycles. The summed E-state index contributed by atoms with van der Waals surface area (Å²) in [6.07, 6.45) is 1.57. The maximum Gasteiger partial charge on any atom is 0.269 e. The van der Waals surface area contributed by atoms with Gasteiger partial charge in [0.25, 0.3) is 5.69 Å². The van der Waals surface area contributed by atoms with E-state index in [0.717, 1.165) is 24.9 Å². The van der Waals surface area contributed by atoms with Crippen molar-refractivity contribution >= 4 is 5.69 Å². The number of non-ortho nitro benzene ring substituents is 1. The van der Waals surface area contributed by atoms with E-state index >= 15 is 0 Å². The molecule has 1 atom stereocenters. The molecule has 17 heavy (non-hydrogen) atoms. The van der Waals surface area contributed by atoms with E-state index in [-0.39, 0.29) is 16.7 Å². The molecular weight excluding hydrogens is 220 g/mol. The van der Waals surface area contributed by atoms with Gasteiger partial charge in [0, 0.05) is 25.2 Å². The number of nitrogens with zero attached hydrogens (tertiary/aromatic N) is 2. The Morgan fingerprint density at radius 1 is 1.53 bits per heavy atom. The second-order valence-corrected chi connectivity index (χ2v) is 4.46. The van der Waals surface area contributed by atoms with Crippen LogP contribution in [0.3, 0.4) is 0 Å². The highest BCUT2D eigenvalue weighted by Crippen LogP contribution is 2.17. The van der Waals surface area contributed by atoms with Crippen LogP contribution in [-0.4, -0.2) is 34.1 Å². The molecule has 0 radical (unpaired) electrons. The molecule has 1 N–H and O–H groups in total. The van der Waals surface area contributed by atoms with Crippen molar-refractivity contribution < 1.29 is 10.0 Å². The van der Waals surface area contributed by atoms with Gasteiger partial charge < -0.3 is 5.11 Å². The summed E-state index contributed by atoms with van der Waals surface area (Å²) in [4.78, 5) is 12.4. The Morgan fingerprint density at radius 2 is 2.35 bits per heavy atom. The van der Waals surface area contributed by atoms with Gasteiger partial charge in [0.1, 0.15) is 0 Å². The molecule has 0 unspecified atom stereocenters. The van der Waals surface area contributed by atoms with Crippen LogP contribution in [0.5, 0.6) is 0 Å². The van der Waals surface area contributed by atoms with E-state index in [9.17, 15) is 15.2 Å². The Labute approximate surface area is 99.8 Å². The van der Waals surface area contributed by atoms with Crippen LogP contribution in [0.2, 0.25) is 0 Å². The van der Waals surface area contributed by atoms with Crippen molar-refractivity contribution in [3.8, 4) is 0 Å². The standard InChI is InChI=1S/C12H16N2O3/c15-12-5-2-6-13(9-12)8-10-3-1-4-11(7-10)14(16)17/h1,3-4,7,12,15H,2,5-6,8-9H2/t12-/m1/s1. The first-order chi connectivity index (χ1) is 8.15. The average Bonchev–Trinajstić information content (AvgIpc) is 2.29. The molecule has 0 bridgehead atoms. The number of benzene rings is 1. The molecule has 1 fully saturated rings. The molecule has 0 aliphatic carbocycles. The van der Waals surface area contributed by atoms with Gasteiger partial charge in [-0.15, -0.1) is 0 Å². The largest absolute Gasteiger partial charge is 0.392 e. The number of nitro groups is 1. The number of aliphatic hydroxyl groups is 1. The minimum Gasteiger partial charge on any atom is -0.392 e. The maximum absolute atomic E-state index is 10.6. The summed E-state index contributed by atoms with van der Waals surface area (Å²) < 4.78 is 0. The Kier molecular flexibility index (Phi) is 3.71. The fourth-order valence-electron chi connectivity index (χ4n) is 2.20. The van der Waals surface area contributed by atoms with Crippen molar-refractivity contribution in [3.63, 3.8) is 0 Å². The van der Waals surface area contributed by atoms with Crippen LogP contribution < -0.4 is 0 Å². The molecule has 2 rings (SSSR count). The summed E-state index contributed by atoms with van der Waals surface area (Å²) >= 11 is 0. The van der Waals surface area contributed by atoms with Crippen molar-refractivity contribution in [1.29, 1.82) is 0 Å². The summed E-state index contributed by atoms with van der Waals surface area (Å²) in [5, 5.41) is 20.2. The van der Waals surface area contributed by atoms with Crippen LogP contribution in [-0.2, 0) is 6.54 Å². The van der Waals surface area contributed by atoms with E-state index in [1.165, 1.54) is 6.07 Å². The van der Waals surface area contributed by atoms with Gasteiger partial charge in [0.15, 0.2) is 0 Å². The average molecular weight is 236 g/mol. The van der Waals surface area contributed by atoms with Gasteiger partial charge in [-0.25, -0.2) is 0 Å². The molecule has 1 heterocycles.